The van der Waals surface area contributed by atoms with Crippen molar-refractivity contribution in [1.82, 2.24) is 33.9 Å². The first-order valence-electron chi connectivity index (χ1n) is 9.01. The fraction of sp³-hybridized carbons (Fsp3) is 0.0500. The molecule has 0 bridgehead atoms. The second kappa shape index (κ2) is 7.04. The van der Waals surface area contributed by atoms with Gasteiger partial charge < -0.3 is 15.0 Å². The molecule has 9 nitrogen and oxygen atoms in total. The minimum atomic E-state index is 0.429. The summed E-state index contributed by atoms with van der Waals surface area (Å²) in [6, 6.07) is 11.5. The zero-order chi connectivity index (χ0) is 19.6. The molecule has 0 aliphatic rings. The van der Waals surface area contributed by atoms with Gasteiger partial charge in [-0.2, -0.15) is 9.97 Å². The number of hydrogen-bond acceptors (Lipinski definition) is 7. The van der Waals surface area contributed by atoms with E-state index >= 15 is 0 Å². The number of hydrogen-bond donors (Lipinski definition) is 2. The van der Waals surface area contributed by atoms with Crippen LogP contribution in [0.25, 0.3) is 11.5 Å². The maximum atomic E-state index is 4.60. The lowest BCUT2D eigenvalue weighted by atomic mass is 10.3. The lowest BCUT2D eigenvalue weighted by molar-refractivity contribution is 0.975. The van der Waals surface area contributed by atoms with Crippen LogP contribution < -0.4 is 10.6 Å². The maximum absolute atomic E-state index is 4.60. The van der Waals surface area contributed by atoms with E-state index in [0.717, 1.165) is 17.0 Å². The molecule has 0 aliphatic heterocycles. The second-order valence-electron chi connectivity index (χ2n) is 6.43. The Morgan fingerprint density at radius 1 is 0.862 bits per heavy atom. The first-order valence-corrected chi connectivity index (χ1v) is 9.01. The van der Waals surface area contributed by atoms with E-state index in [-0.39, 0.29) is 0 Å². The molecule has 2 N–H and O–H groups in total. The zero-order valence-corrected chi connectivity index (χ0v) is 15.6. The number of aryl methyl sites for hydroxylation is 1. The number of fused-ring (bicyclic) bond motifs is 1. The highest BCUT2D eigenvalue weighted by Crippen LogP contribution is 2.21. The third kappa shape index (κ3) is 3.61. The van der Waals surface area contributed by atoms with Crippen molar-refractivity contribution in [3.05, 3.63) is 79.4 Å². The molecule has 142 valence electrons. The minimum absolute atomic E-state index is 0.429. The number of anilines is 4. The van der Waals surface area contributed by atoms with Crippen molar-refractivity contribution in [3.8, 4) is 5.82 Å². The molecule has 0 saturated heterocycles. The van der Waals surface area contributed by atoms with Crippen molar-refractivity contribution < 1.29 is 0 Å². The Morgan fingerprint density at radius 2 is 1.83 bits per heavy atom. The monoisotopic (exact) mass is 383 g/mol. The van der Waals surface area contributed by atoms with Gasteiger partial charge in [0.05, 0.1) is 0 Å². The number of aromatic nitrogens is 7. The molecule has 29 heavy (non-hydrogen) atoms. The average molecular weight is 383 g/mol. The van der Waals surface area contributed by atoms with Gasteiger partial charge in [-0.1, -0.05) is 6.07 Å². The third-order valence-corrected chi connectivity index (χ3v) is 4.28. The Bertz CT molecular complexity index is 1270. The minimum Gasteiger partial charge on any atom is -0.340 e. The van der Waals surface area contributed by atoms with E-state index in [9.17, 15) is 0 Å². The highest BCUT2D eigenvalue weighted by atomic mass is 15.2. The summed E-state index contributed by atoms with van der Waals surface area (Å²) >= 11 is 0. The molecule has 0 aliphatic carbocycles. The first-order chi connectivity index (χ1) is 14.2. The fourth-order valence-corrected chi connectivity index (χ4v) is 2.94. The van der Waals surface area contributed by atoms with Crippen LogP contribution in [0.4, 0.5) is 23.3 Å². The van der Waals surface area contributed by atoms with Gasteiger partial charge in [0.15, 0.2) is 0 Å². The quantitative estimate of drug-likeness (QED) is 0.479. The summed E-state index contributed by atoms with van der Waals surface area (Å²) in [7, 11) is 0. The number of imidazole rings is 2. The van der Waals surface area contributed by atoms with Crippen molar-refractivity contribution in [2.75, 3.05) is 10.6 Å². The van der Waals surface area contributed by atoms with Crippen LogP contribution in [0.5, 0.6) is 0 Å². The summed E-state index contributed by atoms with van der Waals surface area (Å²) in [6.07, 6.45) is 10.8. The molecule has 0 radical (unpaired) electrons. The van der Waals surface area contributed by atoms with Gasteiger partial charge in [-0.05, 0) is 25.1 Å². The van der Waals surface area contributed by atoms with Gasteiger partial charge in [0.25, 0.3) is 0 Å². The van der Waals surface area contributed by atoms with Crippen LogP contribution in [-0.4, -0.2) is 33.9 Å². The number of pyridine rings is 2. The molecule has 5 aromatic rings. The van der Waals surface area contributed by atoms with E-state index in [4.69, 9.17) is 0 Å². The van der Waals surface area contributed by atoms with Gasteiger partial charge >= 0.3 is 0 Å². The molecule has 9 heteroatoms. The van der Waals surface area contributed by atoms with Gasteiger partial charge in [0, 0.05) is 54.5 Å². The van der Waals surface area contributed by atoms with Crippen LogP contribution in [0, 0.1) is 6.92 Å². The lowest BCUT2D eigenvalue weighted by Crippen LogP contribution is -2.06. The number of nitrogens with zero attached hydrogens (tertiary/aromatic N) is 7. The highest BCUT2D eigenvalue weighted by Gasteiger charge is 2.09. The molecule has 0 unspecified atom stereocenters. The molecule has 5 aromatic heterocycles. The topological polar surface area (TPSA) is 97.8 Å². The van der Waals surface area contributed by atoms with Crippen LogP contribution in [0.2, 0.25) is 0 Å². The van der Waals surface area contributed by atoms with Crippen molar-refractivity contribution >= 4 is 28.9 Å². The molecule has 5 rings (SSSR count). The summed E-state index contributed by atoms with van der Waals surface area (Å²) in [6.45, 7) is 1.94. The van der Waals surface area contributed by atoms with E-state index < -0.39 is 0 Å². The average Bonchev–Trinajstić information content (AvgIpc) is 3.39. The third-order valence-electron chi connectivity index (χ3n) is 4.28. The van der Waals surface area contributed by atoms with E-state index in [1.807, 2.05) is 70.9 Å². The van der Waals surface area contributed by atoms with E-state index in [1.54, 1.807) is 18.7 Å². The van der Waals surface area contributed by atoms with Crippen molar-refractivity contribution in [2.24, 2.45) is 0 Å². The maximum Gasteiger partial charge on any atom is 0.232 e. The smallest absolute Gasteiger partial charge is 0.232 e. The molecule has 0 amide bonds. The van der Waals surface area contributed by atoms with Crippen molar-refractivity contribution in [3.63, 3.8) is 0 Å². The van der Waals surface area contributed by atoms with E-state index in [2.05, 4.69) is 35.6 Å². The molecule has 5 heterocycles. The van der Waals surface area contributed by atoms with Crippen molar-refractivity contribution in [1.29, 1.82) is 0 Å². The highest BCUT2D eigenvalue weighted by molar-refractivity contribution is 5.64. The predicted octanol–water partition coefficient (Wildman–Crippen LogP) is 3.50. The number of rotatable bonds is 5. The summed E-state index contributed by atoms with van der Waals surface area (Å²) in [4.78, 5) is 22.1. The fourth-order valence-electron chi connectivity index (χ4n) is 2.94. The lowest BCUT2D eigenvalue weighted by Gasteiger charge is -2.12. The van der Waals surface area contributed by atoms with Gasteiger partial charge in [0.1, 0.15) is 29.4 Å². The van der Waals surface area contributed by atoms with Crippen LogP contribution in [0.1, 0.15) is 5.69 Å². The summed E-state index contributed by atoms with van der Waals surface area (Å²) in [5.41, 5.74) is 2.63. The normalized spacial score (nSPS) is 10.9. The molecule has 0 aromatic carbocycles. The second-order valence-corrected chi connectivity index (χ2v) is 6.43. The molecular weight excluding hydrogens is 366 g/mol. The molecular formula is C20H17N9. The molecule has 0 atom stereocenters. The van der Waals surface area contributed by atoms with Crippen LogP contribution in [0.15, 0.2) is 73.7 Å². The Hall–Kier alpha value is -4.27. The largest absolute Gasteiger partial charge is 0.340 e. The zero-order valence-electron chi connectivity index (χ0n) is 15.6. The summed E-state index contributed by atoms with van der Waals surface area (Å²) in [5, 5.41) is 6.50. The van der Waals surface area contributed by atoms with Crippen LogP contribution in [0.3, 0.4) is 0 Å². The Kier molecular flexibility index (Phi) is 4.10. The van der Waals surface area contributed by atoms with Gasteiger partial charge in [-0.25, -0.2) is 15.0 Å². The SMILES string of the molecule is Cc1cccc(Nc2nc(Nc3ccn4ccnc4c3)cc(-n3ccnc3)n2)n1. The molecule has 0 spiro atoms. The van der Waals surface area contributed by atoms with Crippen molar-refractivity contribution in [2.45, 2.75) is 6.92 Å². The van der Waals surface area contributed by atoms with Gasteiger partial charge in [0.2, 0.25) is 5.95 Å². The summed E-state index contributed by atoms with van der Waals surface area (Å²) < 4.78 is 3.76. The Labute approximate surface area is 166 Å². The van der Waals surface area contributed by atoms with E-state index in [0.29, 0.717) is 23.4 Å². The first kappa shape index (κ1) is 16.9. The van der Waals surface area contributed by atoms with Crippen LogP contribution in [-0.2, 0) is 0 Å². The van der Waals surface area contributed by atoms with Gasteiger partial charge in [-0.3, -0.25) is 4.57 Å². The summed E-state index contributed by atoms with van der Waals surface area (Å²) in [5.74, 6) is 2.42. The van der Waals surface area contributed by atoms with Gasteiger partial charge in [-0.15, -0.1) is 0 Å². The standard InChI is InChI=1S/C20H17N9/c1-14-3-2-4-16(23-14)25-20-26-17(12-19(27-20)29-9-6-21-13-29)24-15-5-8-28-10-7-22-18(28)11-15/h2-13H,1H3,(H2,23,24,25,26,27). The predicted molar refractivity (Wildman–Crippen MR) is 110 cm³/mol. The Morgan fingerprint density at radius 3 is 2.69 bits per heavy atom. The molecule has 0 fully saturated rings. The Balaban J connectivity index is 1.52. The molecule has 0 saturated carbocycles. The van der Waals surface area contributed by atoms with Crippen LogP contribution >= 0.6 is 0 Å². The van der Waals surface area contributed by atoms with E-state index in [1.165, 1.54) is 0 Å². The number of nitrogens with one attached hydrogen (secondary N) is 2.